The molecule has 9 nitrogen and oxygen atoms in total. The summed E-state index contributed by atoms with van der Waals surface area (Å²) in [4.78, 5) is 15.2. The molecule has 2 aliphatic heterocycles. The summed E-state index contributed by atoms with van der Waals surface area (Å²) in [6.45, 7) is -0.519. The monoisotopic (exact) mass is 643 g/mol. The van der Waals surface area contributed by atoms with Crippen LogP contribution in [0.3, 0.4) is 0 Å². The molecule has 0 aromatic heterocycles. The SMILES string of the molecule is O=C1C[C@@H](CCC(O)c2ccc(F)cc2)[C@@H](c2ccc(-c3ccc([C@@H]4O[C@H](CO)[C@@H](O)[C@H](O)[C@H]4O)cc3)cc2O)N1c1ccccc1. The fourth-order valence-electron chi connectivity index (χ4n) is 6.79. The van der Waals surface area contributed by atoms with Gasteiger partial charge < -0.3 is 40.3 Å². The van der Waals surface area contributed by atoms with Crippen molar-refractivity contribution in [3.8, 4) is 16.9 Å². The van der Waals surface area contributed by atoms with E-state index >= 15 is 0 Å². The number of amides is 1. The van der Waals surface area contributed by atoms with Crippen molar-refractivity contribution in [2.75, 3.05) is 11.5 Å². The van der Waals surface area contributed by atoms with Gasteiger partial charge in [-0.1, -0.05) is 66.7 Å². The molecule has 2 fully saturated rings. The first-order valence-electron chi connectivity index (χ1n) is 15.7. The first-order chi connectivity index (χ1) is 22.7. The Hall–Kier alpha value is -4.16. The number of nitrogens with zero attached hydrogens (tertiary/aromatic N) is 1. The van der Waals surface area contributed by atoms with Gasteiger partial charge in [-0.2, -0.15) is 0 Å². The van der Waals surface area contributed by atoms with Gasteiger partial charge in [0.1, 0.15) is 42.1 Å². The second kappa shape index (κ2) is 13.9. The number of anilines is 1. The summed E-state index contributed by atoms with van der Waals surface area (Å²) in [6, 6.07) is 26.8. The van der Waals surface area contributed by atoms with Crippen LogP contribution in [0.5, 0.6) is 5.75 Å². The first kappa shape index (κ1) is 32.8. The lowest BCUT2D eigenvalue weighted by molar-refractivity contribution is -0.231. The minimum Gasteiger partial charge on any atom is -0.508 e. The summed E-state index contributed by atoms with van der Waals surface area (Å²) in [5, 5.41) is 62.6. The molecular formula is C37H38FNO8. The van der Waals surface area contributed by atoms with Crippen molar-refractivity contribution >= 4 is 11.6 Å². The van der Waals surface area contributed by atoms with E-state index < -0.39 is 49.3 Å². The number of carbonyl (C=O) groups excluding carboxylic acids is 1. The topological polar surface area (TPSA) is 151 Å². The highest BCUT2D eigenvalue weighted by Crippen LogP contribution is 2.47. The number of halogens is 1. The second-order valence-corrected chi connectivity index (χ2v) is 12.3. The van der Waals surface area contributed by atoms with Crippen LogP contribution in [0.15, 0.2) is 97.1 Å². The quantitative estimate of drug-likeness (QED) is 0.158. The van der Waals surface area contributed by atoms with Gasteiger partial charge >= 0.3 is 0 Å². The molecule has 0 saturated carbocycles. The van der Waals surface area contributed by atoms with Crippen molar-refractivity contribution < 1.29 is 44.6 Å². The summed E-state index contributed by atoms with van der Waals surface area (Å²) >= 11 is 0. The van der Waals surface area contributed by atoms with Gasteiger partial charge in [0.05, 0.1) is 18.8 Å². The summed E-state index contributed by atoms with van der Waals surface area (Å²) in [7, 11) is 0. The Labute approximate surface area is 271 Å². The number of benzene rings is 4. The number of hydrogen-bond acceptors (Lipinski definition) is 8. The molecule has 2 heterocycles. The zero-order chi connectivity index (χ0) is 33.2. The van der Waals surface area contributed by atoms with Crippen LogP contribution in [0.25, 0.3) is 11.1 Å². The van der Waals surface area contributed by atoms with Gasteiger partial charge in [-0.25, -0.2) is 4.39 Å². The average molecular weight is 644 g/mol. The third-order valence-corrected chi connectivity index (χ3v) is 9.34. The predicted molar refractivity (Wildman–Crippen MR) is 172 cm³/mol. The molecule has 4 aromatic rings. The molecule has 10 heteroatoms. The lowest BCUT2D eigenvalue weighted by Gasteiger charge is -2.40. The number of aliphatic hydroxyl groups excluding tert-OH is 5. The number of ether oxygens (including phenoxy) is 1. The molecule has 0 bridgehead atoms. The molecule has 1 amide bonds. The normalized spacial score (nSPS) is 26.8. The van der Waals surface area contributed by atoms with Crippen LogP contribution < -0.4 is 4.90 Å². The number of aliphatic hydroxyl groups is 5. The molecule has 8 atom stereocenters. The van der Waals surface area contributed by atoms with E-state index in [1.165, 1.54) is 12.1 Å². The van der Waals surface area contributed by atoms with Gasteiger partial charge in [-0.15, -0.1) is 0 Å². The van der Waals surface area contributed by atoms with E-state index in [1.807, 2.05) is 36.4 Å². The number of para-hydroxylation sites is 1. The van der Waals surface area contributed by atoms with E-state index in [2.05, 4.69) is 0 Å². The minimum absolute atomic E-state index is 0.00484. The Morgan fingerprint density at radius 2 is 1.53 bits per heavy atom. The zero-order valence-corrected chi connectivity index (χ0v) is 25.5. The van der Waals surface area contributed by atoms with E-state index in [1.54, 1.807) is 53.4 Å². The fraction of sp³-hybridized carbons (Fsp3) is 0.324. The Kier molecular flexibility index (Phi) is 9.70. The van der Waals surface area contributed by atoms with Gasteiger partial charge in [-0.05, 0) is 71.3 Å². The van der Waals surface area contributed by atoms with Crippen LogP contribution in [-0.4, -0.2) is 67.6 Å². The highest BCUT2D eigenvalue weighted by atomic mass is 19.1. The van der Waals surface area contributed by atoms with Crippen molar-refractivity contribution in [1.29, 1.82) is 0 Å². The van der Waals surface area contributed by atoms with Crippen molar-refractivity contribution in [3.05, 3.63) is 120 Å². The number of rotatable bonds is 9. The number of phenolic OH excluding ortho intramolecular Hbond substituents is 1. The maximum Gasteiger partial charge on any atom is 0.227 e. The smallest absolute Gasteiger partial charge is 0.227 e. The van der Waals surface area contributed by atoms with E-state index in [9.17, 15) is 39.8 Å². The van der Waals surface area contributed by atoms with Gasteiger partial charge in [-0.3, -0.25) is 4.79 Å². The largest absolute Gasteiger partial charge is 0.508 e. The molecule has 6 rings (SSSR count). The zero-order valence-electron chi connectivity index (χ0n) is 25.5. The maximum absolute atomic E-state index is 13.5. The van der Waals surface area contributed by atoms with Crippen molar-refractivity contribution in [1.82, 2.24) is 0 Å². The predicted octanol–water partition coefficient (Wildman–Crippen LogP) is 4.32. The van der Waals surface area contributed by atoms with E-state index in [0.29, 0.717) is 40.8 Å². The van der Waals surface area contributed by atoms with E-state index in [4.69, 9.17) is 4.74 Å². The highest BCUT2D eigenvalue weighted by Gasteiger charge is 2.44. The molecule has 2 saturated heterocycles. The second-order valence-electron chi connectivity index (χ2n) is 12.3. The van der Waals surface area contributed by atoms with Gasteiger partial charge in [0, 0.05) is 17.7 Å². The fourth-order valence-corrected chi connectivity index (χ4v) is 6.79. The van der Waals surface area contributed by atoms with Gasteiger partial charge in [0.25, 0.3) is 0 Å². The summed E-state index contributed by atoms with van der Waals surface area (Å²) < 4.78 is 19.1. The van der Waals surface area contributed by atoms with Crippen LogP contribution in [0.4, 0.5) is 10.1 Å². The Balaban J connectivity index is 1.25. The summed E-state index contributed by atoms with van der Waals surface area (Å²) in [6.07, 6.45) is -6.07. The van der Waals surface area contributed by atoms with Crippen molar-refractivity contribution in [2.24, 2.45) is 5.92 Å². The molecule has 1 unspecified atom stereocenters. The number of carbonyl (C=O) groups is 1. The lowest BCUT2D eigenvalue weighted by Crippen LogP contribution is -2.55. The molecule has 0 spiro atoms. The Bertz CT molecular complexity index is 1670. The third-order valence-electron chi connectivity index (χ3n) is 9.34. The summed E-state index contributed by atoms with van der Waals surface area (Å²) in [5.41, 5.74) is 3.86. The molecule has 246 valence electrons. The molecular weight excluding hydrogens is 605 g/mol. The average Bonchev–Trinajstić information content (AvgIpc) is 3.42. The van der Waals surface area contributed by atoms with Crippen LogP contribution in [0.2, 0.25) is 0 Å². The van der Waals surface area contributed by atoms with Crippen LogP contribution in [0.1, 0.15) is 54.2 Å². The first-order valence-corrected chi connectivity index (χ1v) is 15.7. The van der Waals surface area contributed by atoms with Crippen LogP contribution in [-0.2, 0) is 9.53 Å². The maximum atomic E-state index is 13.5. The standard InChI is InChI=1S/C37H38FNO8/c38-26-14-10-22(11-15-26)29(41)17-13-25-19-32(43)39(27-4-2-1-3-5-27)33(25)28-16-12-24(18-30(28)42)21-6-8-23(9-7-21)37-36(46)35(45)34(44)31(20-40)47-37/h1-12,14-16,18,25,29,31,33-37,40-42,44-46H,13,17,19-20H2/t25-,29?,31-,33+,34-,35+,36-,37+/m1/s1. The van der Waals surface area contributed by atoms with E-state index in [-0.39, 0.29) is 29.8 Å². The molecule has 47 heavy (non-hydrogen) atoms. The molecule has 0 radical (unpaired) electrons. The molecule has 6 N–H and O–H groups in total. The highest BCUT2D eigenvalue weighted by molar-refractivity contribution is 5.97. The van der Waals surface area contributed by atoms with Crippen LogP contribution in [0, 0.1) is 11.7 Å². The molecule has 0 aliphatic carbocycles. The third kappa shape index (κ3) is 6.66. The van der Waals surface area contributed by atoms with Gasteiger partial charge in [0.2, 0.25) is 5.91 Å². The van der Waals surface area contributed by atoms with E-state index in [0.717, 1.165) is 5.56 Å². The van der Waals surface area contributed by atoms with Crippen LogP contribution >= 0.6 is 0 Å². The Morgan fingerprint density at radius 3 is 2.19 bits per heavy atom. The summed E-state index contributed by atoms with van der Waals surface area (Å²) in [5.74, 6) is -0.683. The van der Waals surface area contributed by atoms with Crippen molar-refractivity contribution in [3.63, 3.8) is 0 Å². The molecule has 2 aliphatic rings. The number of hydrogen-bond donors (Lipinski definition) is 6. The Morgan fingerprint density at radius 1 is 0.851 bits per heavy atom. The van der Waals surface area contributed by atoms with Crippen molar-refractivity contribution in [2.45, 2.75) is 61.9 Å². The minimum atomic E-state index is -1.48. The number of aromatic hydroxyl groups is 1. The number of phenols is 1. The van der Waals surface area contributed by atoms with Gasteiger partial charge in [0.15, 0.2) is 0 Å². The molecule has 4 aromatic carbocycles. The lowest BCUT2D eigenvalue weighted by atomic mass is 9.86.